The molecule has 16 heavy (non-hydrogen) atoms. The SMILES string of the molecule is CC1=CC(=O)CC1CC(=O)c1ccccc1. The summed E-state index contributed by atoms with van der Waals surface area (Å²) in [6.45, 7) is 1.92. The summed E-state index contributed by atoms with van der Waals surface area (Å²) in [7, 11) is 0. The van der Waals surface area contributed by atoms with Crippen LogP contribution in [0.15, 0.2) is 42.0 Å². The van der Waals surface area contributed by atoms with Crippen molar-refractivity contribution in [2.45, 2.75) is 19.8 Å². The minimum atomic E-state index is 0.111. The van der Waals surface area contributed by atoms with E-state index < -0.39 is 0 Å². The van der Waals surface area contributed by atoms with E-state index in [2.05, 4.69) is 0 Å². The van der Waals surface area contributed by atoms with Crippen molar-refractivity contribution in [2.24, 2.45) is 5.92 Å². The topological polar surface area (TPSA) is 34.1 Å². The number of carbonyl (C=O) groups is 2. The number of carbonyl (C=O) groups excluding carboxylic acids is 2. The van der Waals surface area contributed by atoms with Crippen molar-refractivity contribution in [1.29, 1.82) is 0 Å². The van der Waals surface area contributed by atoms with Crippen LogP contribution in [0, 0.1) is 5.92 Å². The van der Waals surface area contributed by atoms with Gasteiger partial charge in [-0.25, -0.2) is 0 Å². The maximum absolute atomic E-state index is 11.9. The van der Waals surface area contributed by atoms with E-state index in [1.54, 1.807) is 6.08 Å². The van der Waals surface area contributed by atoms with Gasteiger partial charge in [0, 0.05) is 18.4 Å². The van der Waals surface area contributed by atoms with Gasteiger partial charge < -0.3 is 0 Å². The average Bonchev–Trinajstić information content (AvgIpc) is 2.59. The minimum absolute atomic E-state index is 0.111. The molecule has 0 spiro atoms. The quantitative estimate of drug-likeness (QED) is 0.725. The highest BCUT2D eigenvalue weighted by atomic mass is 16.1. The zero-order valence-corrected chi connectivity index (χ0v) is 9.27. The van der Waals surface area contributed by atoms with Crippen molar-refractivity contribution >= 4 is 11.6 Å². The molecule has 2 heteroatoms. The molecule has 2 rings (SSSR count). The van der Waals surface area contributed by atoms with E-state index >= 15 is 0 Å². The maximum atomic E-state index is 11.9. The first-order valence-corrected chi connectivity index (χ1v) is 5.46. The molecule has 1 aliphatic rings. The van der Waals surface area contributed by atoms with Crippen LogP contribution in [0.2, 0.25) is 0 Å². The Labute approximate surface area is 95.0 Å². The van der Waals surface area contributed by atoms with E-state index in [1.807, 2.05) is 37.3 Å². The Morgan fingerprint density at radius 3 is 2.56 bits per heavy atom. The Morgan fingerprint density at radius 2 is 2.00 bits per heavy atom. The Bertz CT molecular complexity index is 443. The predicted molar refractivity (Wildman–Crippen MR) is 62.3 cm³/mol. The van der Waals surface area contributed by atoms with Gasteiger partial charge in [-0.2, -0.15) is 0 Å². The molecule has 0 radical (unpaired) electrons. The van der Waals surface area contributed by atoms with E-state index in [-0.39, 0.29) is 17.5 Å². The lowest BCUT2D eigenvalue weighted by atomic mass is 9.93. The van der Waals surface area contributed by atoms with Crippen LogP contribution in [0.4, 0.5) is 0 Å². The van der Waals surface area contributed by atoms with Crippen LogP contribution in [0.25, 0.3) is 0 Å². The van der Waals surface area contributed by atoms with Gasteiger partial charge in [0.1, 0.15) is 0 Å². The normalized spacial score (nSPS) is 19.7. The summed E-state index contributed by atoms with van der Waals surface area (Å²) >= 11 is 0. The van der Waals surface area contributed by atoms with Crippen LogP contribution in [-0.2, 0) is 4.79 Å². The van der Waals surface area contributed by atoms with E-state index in [0.29, 0.717) is 12.8 Å². The number of rotatable bonds is 3. The summed E-state index contributed by atoms with van der Waals surface area (Å²) in [6, 6.07) is 9.24. The highest BCUT2D eigenvalue weighted by molar-refractivity contribution is 5.98. The second-order valence-electron chi connectivity index (χ2n) is 4.25. The molecule has 82 valence electrons. The molecule has 1 aromatic rings. The number of ketones is 2. The van der Waals surface area contributed by atoms with Gasteiger partial charge in [-0.15, -0.1) is 0 Å². The zero-order chi connectivity index (χ0) is 11.5. The second-order valence-corrected chi connectivity index (χ2v) is 4.25. The molecule has 1 atom stereocenters. The molecule has 0 aliphatic heterocycles. The summed E-state index contributed by atoms with van der Waals surface area (Å²) in [4.78, 5) is 23.1. The second kappa shape index (κ2) is 4.44. The first kappa shape index (κ1) is 10.8. The maximum Gasteiger partial charge on any atom is 0.163 e. The van der Waals surface area contributed by atoms with E-state index in [0.717, 1.165) is 11.1 Å². The van der Waals surface area contributed by atoms with Crippen LogP contribution in [0.3, 0.4) is 0 Å². The Balaban J connectivity index is 2.04. The molecular formula is C14H14O2. The number of Topliss-reactive ketones (excluding diaryl/α,β-unsaturated/α-hetero) is 1. The van der Waals surface area contributed by atoms with Crippen molar-refractivity contribution in [1.82, 2.24) is 0 Å². The number of hydrogen-bond acceptors (Lipinski definition) is 2. The Kier molecular flexibility index (Phi) is 3.00. The molecule has 0 aromatic heterocycles. The van der Waals surface area contributed by atoms with Crippen molar-refractivity contribution in [2.75, 3.05) is 0 Å². The van der Waals surface area contributed by atoms with Crippen LogP contribution in [0.5, 0.6) is 0 Å². The fourth-order valence-electron chi connectivity index (χ4n) is 2.03. The van der Waals surface area contributed by atoms with Gasteiger partial charge >= 0.3 is 0 Å². The largest absolute Gasteiger partial charge is 0.295 e. The van der Waals surface area contributed by atoms with Crippen LogP contribution >= 0.6 is 0 Å². The average molecular weight is 214 g/mol. The molecule has 0 amide bonds. The van der Waals surface area contributed by atoms with Crippen LogP contribution in [-0.4, -0.2) is 11.6 Å². The van der Waals surface area contributed by atoms with E-state index in [1.165, 1.54) is 0 Å². The summed E-state index contributed by atoms with van der Waals surface area (Å²) in [5, 5.41) is 0. The molecule has 1 aromatic carbocycles. The van der Waals surface area contributed by atoms with Gasteiger partial charge in [0.25, 0.3) is 0 Å². The third-order valence-electron chi connectivity index (χ3n) is 3.01. The van der Waals surface area contributed by atoms with Gasteiger partial charge in [0.2, 0.25) is 0 Å². The molecular weight excluding hydrogens is 200 g/mol. The summed E-state index contributed by atoms with van der Waals surface area (Å²) in [6.07, 6.45) is 2.59. The monoisotopic (exact) mass is 214 g/mol. The lowest BCUT2D eigenvalue weighted by Gasteiger charge is -2.09. The smallest absolute Gasteiger partial charge is 0.163 e. The summed E-state index contributed by atoms with van der Waals surface area (Å²) in [5.74, 6) is 0.372. The third-order valence-corrected chi connectivity index (χ3v) is 3.01. The summed E-state index contributed by atoms with van der Waals surface area (Å²) in [5.41, 5.74) is 1.77. The molecule has 0 heterocycles. The Morgan fingerprint density at radius 1 is 1.31 bits per heavy atom. The first-order chi connectivity index (χ1) is 7.66. The van der Waals surface area contributed by atoms with Gasteiger partial charge in [0.15, 0.2) is 11.6 Å². The molecule has 1 aliphatic carbocycles. The number of hydrogen-bond donors (Lipinski definition) is 0. The predicted octanol–water partition coefficient (Wildman–Crippen LogP) is 2.79. The molecule has 1 unspecified atom stereocenters. The van der Waals surface area contributed by atoms with Crippen molar-refractivity contribution < 1.29 is 9.59 Å². The standard InChI is InChI=1S/C14H14O2/c1-10-7-13(15)8-12(10)9-14(16)11-5-3-2-4-6-11/h2-7,12H,8-9H2,1H3. The fraction of sp³-hybridized carbons (Fsp3) is 0.286. The number of allylic oxidation sites excluding steroid dienone is 2. The highest BCUT2D eigenvalue weighted by Gasteiger charge is 2.24. The van der Waals surface area contributed by atoms with E-state index in [9.17, 15) is 9.59 Å². The number of benzene rings is 1. The molecule has 0 saturated carbocycles. The van der Waals surface area contributed by atoms with Gasteiger partial charge in [-0.05, 0) is 18.9 Å². The van der Waals surface area contributed by atoms with Crippen LogP contribution < -0.4 is 0 Å². The molecule has 0 fully saturated rings. The minimum Gasteiger partial charge on any atom is -0.295 e. The van der Waals surface area contributed by atoms with E-state index in [4.69, 9.17) is 0 Å². The fourth-order valence-corrected chi connectivity index (χ4v) is 2.03. The molecule has 2 nitrogen and oxygen atoms in total. The first-order valence-electron chi connectivity index (χ1n) is 5.46. The van der Waals surface area contributed by atoms with Crippen molar-refractivity contribution in [3.05, 3.63) is 47.5 Å². The van der Waals surface area contributed by atoms with Crippen LogP contribution in [0.1, 0.15) is 30.1 Å². The van der Waals surface area contributed by atoms with Crippen molar-refractivity contribution in [3.8, 4) is 0 Å². The molecule has 0 saturated heterocycles. The third kappa shape index (κ3) is 2.27. The highest BCUT2D eigenvalue weighted by Crippen LogP contribution is 2.27. The molecule has 0 bridgehead atoms. The lowest BCUT2D eigenvalue weighted by molar-refractivity contribution is -0.114. The van der Waals surface area contributed by atoms with Gasteiger partial charge in [0.05, 0.1) is 0 Å². The summed E-state index contributed by atoms with van der Waals surface area (Å²) < 4.78 is 0. The molecule has 0 N–H and O–H groups in total. The van der Waals surface area contributed by atoms with Gasteiger partial charge in [-0.3, -0.25) is 9.59 Å². The lowest BCUT2D eigenvalue weighted by Crippen LogP contribution is -2.08. The Hall–Kier alpha value is -1.70. The zero-order valence-electron chi connectivity index (χ0n) is 9.27. The van der Waals surface area contributed by atoms with Crippen molar-refractivity contribution in [3.63, 3.8) is 0 Å². The van der Waals surface area contributed by atoms with Gasteiger partial charge in [-0.1, -0.05) is 35.9 Å².